The monoisotopic (exact) mass is 1140 g/mol. The number of aliphatic hydroxyl groups excluding tert-OH is 1. The van der Waals surface area contributed by atoms with Crippen molar-refractivity contribution >= 4 is 16.1 Å². The fourth-order valence-corrected chi connectivity index (χ4v) is 17.2. The zero-order valence-electron chi connectivity index (χ0n) is 47.5. The van der Waals surface area contributed by atoms with Crippen molar-refractivity contribution in [1.29, 1.82) is 0 Å². The fourth-order valence-electron chi connectivity index (χ4n) is 16.1. The number of nitrogens with zero attached hydrogens (tertiary/aromatic N) is 1. The largest absolute Gasteiger partial charge is 1.00 e. The SMILES string of the molecule is C[C@@H]1CCc2cc3ccc2[C@H]1C[C@@H](S(=O)(=O)[O-])[C@H]1C=C2C[C@H](C[C@H]4C[C@@H](CO)CC#Cc5cc(O)ccc5[C@@H]2O4)[C@@H]1c1ccc(cc1)[C@@](C[C@H](Cc1ccccc1)[C@@]1(O)CCC[C@H](c2ccc(C4(O)CCCC4)cc2)C1)(N=C(N)N)O3.[Na+]. The van der Waals surface area contributed by atoms with E-state index in [9.17, 15) is 33.4 Å². The molecule has 4 aliphatic carbocycles. The van der Waals surface area contributed by atoms with Crippen molar-refractivity contribution < 1.29 is 72.4 Å². The van der Waals surface area contributed by atoms with Crippen LogP contribution in [0.4, 0.5) is 0 Å². The first-order valence-electron chi connectivity index (χ1n) is 29.8. The van der Waals surface area contributed by atoms with Gasteiger partial charge in [0.2, 0.25) is 5.72 Å². The smallest absolute Gasteiger partial charge is 0.748 e. The van der Waals surface area contributed by atoms with E-state index in [2.05, 4.69) is 55.2 Å². The van der Waals surface area contributed by atoms with E-state index in [0.717, 1.165) is 89.5 Å². The average Bonchev–Trinajstić information content (AvgIpc) is 3.98. The number of aromatic hydroxyl groups is 1. The molecule has 8 N–H and O–H groups in total. The van der Waals surface area contributed by atoms with Crippen LogP contribution in [0.15, 0.2) is 132 Å². The minimum atomic E-state index is -4.95. The van der Waals surface area contributed by atoms with Crippen molar-refractivity contribution in [3.05, 3.63) is 177 Å². The molecule has 13 atom stereocenters. The molecule has 5 heterocycles. The standard InChI is InChI=1S/C68H79N3O9S.Na/c1-42-14-15-48-35-56-25-27-58(48)60(42)38-62(81(76,77)78)61-37-51-33-50(36-57-32-44(41-72)11-7-12-47-34-55(73)24-26-59(47)64(51)79-57)63(61)46-18-22-53(23-19-46)68(80-56,71-65(69)70)40-54(31-43-9-3-2-4-10-43)67(75)30-8-13-49(39-67)45-16-20-52(21-17-45)66(74)28-5-6-29-66;/h2-4,9-10,16-27,34-35,37,42,44,49-50,54,57,60-64,72-75H,5-6,8,11,13-15,28-33,36,38-41H2,1H3,(H4,69,70,71)(H,76,77,78);/q;+1/p-1/t42-,44+,49+,50-,54+,57-,60+,61-,62-,63+,64-,67-,68+;/m1./s1. The quantitative estimate of drug-likeness (QED) is 0.0197. The van der Waals surface area contributed by atoms with Gasteiger partial charge in [-0.15, -0.1) is 0 Å². The first-order valence-corrected chi connectivity index (χ1v) is 31.3. The van der Waals surface area contributed by atoms with Gasteiger partial charge in [-0.2, -0.15) is 0 Å². The summed E-state index contributed by atoms with van der Waals surface area (Å²) in [5.74, 6) is 4.80. The fraction of sp³-hybridized carbons (Fsp3) is 0.485. The summed E-state index contributed by atoms with van der Waals surface area (Å²) in [6.07, 6.45) is 11.8. The molecule has 0 aromatic heterocycles. The summed E-state index contributed by atoms with van der Waals surface area (Å²) < 4.78 is 57.7. The summed E-state index contributed by atoms with van der Waals surface area (Å²) in [5, 5.41) is 45.1. The Morgan fingerprint density at radius 2 is 1.59 bits per heavy atom. The molecule has 10 bridgehead atoms. The van der Waals surface area contributed by atoms with Gasteiger partial charge in [-0.05, 0) is 194 Å². The predicted molar refractivity (Wildman–Crippen MR) is 312 cm³/mol. The molecule has 14 heteroatoms. The molecule has 1 saturated heterocycles. The summed E-state index contributed by atoms with van der Waals surface area (Å²) in [4.78, 5) is 5.16. The van der Waals surface area contributed by atoms with Gasteiger partial charge in [0.15, 0.2) is 5.96 Å². The Labute approximate surface area is 506 Å². The minimum Gasteiger partial charge on any atom is -0.748 e. The molecule has 5 aromatic rings. The third kappa shape index (κ3) is 11.9. The number of allylic oxidation sites excluding steroid dienone is 1. The van der Waals surface area contributed by atoms with Gasteiger partial charge < -0.3 is 45.9 Å². The van der Waals surface area contributed by atoms with Crippen LogP contribution in [-0.2, 0) is 39.0 Å². The first-order chi connectivity index (χ1) is 39.0. The molecule has 14 rings (SSSR count). The molecule has 2 saturated carbocycles. The van der Waals surface area contributed by atoms with Crippen LogP contribution in [0.3, 0.4) is 0 Å². The molecule has 426 valence electrons. The van der Waals surface area contributed by atoms with E-state index < -0.39 is 56.2 Å². The van der Waals surface area contributed by atoms with Crippen molar-refractivity contribution in [2.24, 2.45) is 46.0 Å². The molecular formula is C68H78N3NaO9S. The van der Waals surface area contributed by atoms with Gasteiger partial charge in [-0.1, -0.05) is 129 Å². The normalized spacial score (nSPS) is 31.3. The van der Waals surface area contributed by atoms with E-state index in [1.54, 1.807) is 12.1 Å². The number of rotatable bonds is 10. The number of ether oxygens (including phenoxy) is 2. The Kier molecular flexibility index (Phi) is 17.1. The van der Waals surface area contributed by atoms with E-state index in [4.69, 9.17) is 25.9 Å². The molecule has 3 fully saturated rings. The van der Waals surface area contributed by atoms with E-state index in [1.807, 2.05) is 72.8 Å². The van der Waals surface area contributed by atoms with Crippen molar-refractivity contribution in [3.8, 4) is 23.3 Å². The number of hydrogen-bond acceptors (Lipinski definition) is 10. The number of hydrogen-bond donors (Lipinski definition) is 6. The van der Waals surface area contributed by atoms with Crippen molar-refractivity contribution in [2.75, 3.05) is 6.61 Å². The van der Waals surface area contributed by atoms with Gasteiger partial charge in [0.1, 0.15) is 17.6 Å². The second-order valence-corrected chi connectivity index (χ2v) is 27.0. The molecule has 0 amide bonds. The first kappa shape index (κ1) is 58.8. The third-order valence-corrected chi connectivity index (χ3v) is 21.5. The Morgan fingerprint density at radius 1 is 0.854 bits per heavy atom. The molecule has 0 spiro atoms. The van der Waals surface area contributed by atoms with Crippen LogP contribution in [0.1, 0.15) is 177 Å². The van der Waals surface area contributed by atoms with Crippen LogP contribution in [0.5, 0.6) is 11.5 Å². The Balaban J connectivity index is 0.00000705. The molecule has 9 aliphatic rings. The molecule has 12 nitrogen and oxygen atoms in total. The molecule has 0 unspecified atom stereocenters. The third-order valence-electron chi connectivity index (χ3n) is 20.3. The maximum absolute atomic E-state index is 14.3. The number of nitrogens with two attached hydrogens (primary N) is 2. The number of aliphatic imine (C=N–C) groups is 1. The van der Waals surface area contributed by atoms with Gasteiger partial charge in [-0.3, -0.25) is 0 Å². The summed E-state index contributed by atoms with van der Waals surface area (Å²) in [6, 6.07) is 37.8. The van der Waals surface area contributed by atoms with E-state index in [0.29, 0.717) is 68.2 Å². The van der Waals surface area contributed by atoms with Crippen LogP contribution < -0.4 is 45.8 Å². The Hall–Kier alpha value is -4.98. The summed E-state index contributed by atoms with van der Waals surface area (Å²) in [7, 11) is -4.95. The van der Waals surface area contributed by atoms with Gasteiger partial charge in [0.25, 0.3) is 0 Å². The topological polar surface area (TPSA) is 221 Å². The van der Waals surface area contributed by atoms with Crippen molar-refractivity contribution in [1.82, 2.24) is 0 Å². The van der Waals surface area contributed by atoms with Gasteiger partial charge in [-0.25, -0.2) is 13.4 Å². The number of aliphatic hydroxyl groups is 3. The van der Waals surface area contributed by atoms with E-state index in [1.165, 1.54) is 0 Å². The molecule has 5 aromatic carbocycles. The average molecular weight is 1140 g/mol. The second-order valence-electron chi connectivity index (χ2n) is 25.4. The Morgan fingerprint density at radius 3 is 2.32 bits per heavy atom. The van der Waals surface area contributed by atoms with E-state index >= 15 is 0 Å². The van der Waals surface area contributed by atoms with Crippen LogP contribution >= 0.6 is 0 Å². The van der Waals surface area contributed by atoms with Gasteiger partial charge >= 0.3 is 29.6 Å². The molecule has 0 radical (unpaired) electrons. The maximum Gasteiger partial charge on any atom is 1.00 e. The zero-order valence-corrected chi connectivity index (χ0v) is 50.3. The number of fused-ring (bicyclic) bond motifs is 9. The van der Waals surface area contributed by atoms with E-state index in [-0.39, 0.29) is 96.4 Å². The summed E-state index contributed by atoms with van der Waals surface area (Å²) in [5.41, 5.74) is 18.5. The number of aryl methyl sites for hydroxylation is 1. The summed E-state index contributed by atoms with van der Waals surface area (Å²) in [6.45, 7) is 2.07. The van der Waals surface area contributed by atoms with Crippen molar-refractivity contribution in [3.63, 3.8) is 0 Å². The second kappa shape index (κ2) is 23.8. The molecule has 5 aliphatic heterocycles. The van der Waals surface area contributed by atoms with Crippen LogP contribution in [0, 0.1) is 41.4 Å². The maximum atomic E-state index is 14.3. The van der Waals surface area contributed by atoms with Crippen LogP contribution in [-0.4, -0.2) is 62.9 Å². The predicted octanol–water partition coefficient (Wildman–Crippen LogP) is 7.91. The number of benzene rings is 5. The van der Waals surface area contributed by atoms with Gasteiger partial charge in [0, 0.05) is 36.1 Å². The minimum absolute atomic E-state index is 0. The zero-order chi connectivity index (χ0) is 56.3. The van der Waals surface area contributed by atoms with Crippen LogP contribution in [0.2, 0.25) is 0 Å². The molecular weight excluding hydrogens is 1060 g/mol. The summed E-state index contributed by atoms with van der Waals surface area (Å²) >= 11 is 0. The Bertz CT molecular complexity index is 3350. The molecule has 82 heavy (non-hydrogen) atoms. The van der Waals surface area contributed by atoms with Crippen molar-refractivity contribution in [2.45, 2.75) is 168 Å². The number of phenolic OH excluding ortho intramolecular Hbond substituents is 1. The van der Waals surface area contributed by atoms with Gasteiger partial charge in [0.05, 0.1) is 32.7 Å². The number of guanidine groups is 1. The van der Waals surface area contributed by atoms with Crippen LogP contribution in [0.25, 0.3) is 0 Å². The number of phenols is 1.